The zero-order chi connectivity index (χ0) is 12.1. The second kappa shape index (κ2) is 5.98. The van der Waals surface area contributed by atoms with Crippen LogP contribution in [0, 0.1) is 0 Å². The van der Waals surface area contributed by atoms with Gasteiger partial charge in [-0.25, -0.2) is 0 Å². The van der Waals surface area contributed by atoms with Gasteiger partial charge in [-0.3, -0.25) is 4.79 Å². The highest BCUT2D eigenvalue weighted by atomic mass is 32.1. The van der Waals surface area contributed by atoms with Gasteiger partial charge in [0.05, 0.1) is 5.92 Å². The van der Waals surface area contributed by atoms with E-state index < -0.39 is 0 Å². The van der Waals surface area contributed by atoms with Crippen LogP contribution in [0.15, 0.2) is 23.6 Å². The van der Waals surface area contributed by atoms with Crippen molar-refractivity contribution in [3.8, 4) is 0 Å². The lowest BCUT2D eigenvalue weighted by Gasteiger charge is -2.21. The molecule has 3 N–H and O–H groups in total. The number of nitrogens with two attached hydrogens (primary N) is 1. The van der Waals surface area contributed by atoms with Crippen LogP contribution >= 0.6 is 11.3 Å². The molecule has 1 aliphatic carbocycles. The van der Waals surface area contributed by atoms with Crippen molar-refractivity contribution >= 4 is 17.2 Å². The third-order valence-electron chi connectivity index (χ3n) is 3.07. The fraction of sp³-hybridized carbons (Fsp3) is 0.462. The molecule has 1 aliphatic rings. The summed E-state index contributed by atoms with van der Waals surface area (Å²) in [7, 11) is 0. The second-order valence-corrected chi connectivity index (χ2v) is 5.20. The Bertz CT molecular complexity index is 411. The fourth-order valence-corrected chi connectivity index (χ4v) is 3.21. The quantitative estimate of drug-likeness (QED) is 0.801. The molecule has 0 radical (unpaired) electrons. The van der Waals surface area contributed by atoms with Crippen LogP contribution in [-0.4, -0.2) is 19.0 Å². The standard InChI is InChI=1S/C13H18N2OS/c14-7-1-2-8-15-13(16)11-4-3-5-12-10(11)6-9-17-12/h1-2,6,9,11H,3-5,7-8,14H2,(H,15,16)/b2-1+. The zero-order valence-corrected chi connectivity index (χ0v) is 10.6. The number of rotatable bonds is 4. The molecule has 1 atom stereocenters. The third kappa shape index (κ3) is 2.96. The summed E-state index contributed by atoms with van der Waals surface area (Å²) in [4.78, 5) is 13.4. The maximum atomic E-state index is 12.1. The largest absolute Gasteiger partial charge is 0.352 e. The molecular weight excluding hydrogens is 232 g/mol. The lowest BCUT2D eigenvalue weighted by molar-refractivity contribution is -0.122. The molecule has 1 aromatic rings. The summed E-state index contributed by atoms with van der Waals surface area (Å²) in [5.41, 5.74) is 6.58. The Hall–Kier alpha value is -1.13. The van der Waals surface area contributed by atoms with E-state index in [1.54, 1.807) is 11.3 Å². The maximum absolute atomic E-state index is 12.1. The molecule has 17 heavy (non-hydrogen) atoms. The van der Waals surface area contributed by atoms with E-state index in [2.05, 4.69) is 16.8 Å². The number of carbonyl (C=O) groups excluding carboxylic acids is 1. The number of thiophene rings is 1. The van der Waals surface area contributed by atoms with E-state index in [1.165, 1.54) is 10.4 Å². The van der Waals surface area contributed by atoms with Gasteiger partial charge < -0.3 is 11.1 Å². The monoisotopic (exact) mass is 250 g/mol. The molecular formula is C13H18N2OS. The van der Waals surface area contributed by atoms with Gasteiger partial charge in [-0.1, -0.05) is 12.2 Å². The second-order valence-electron chi connectivity index (χ2n) is 4.20. The van der Waals surface area contributed by atoms with Crippen molar-refractivity contribution < 1.29 is 4.79 Å². The summed E-state index contributed by atoms with van der Waals surface area (Å²) in [6, 6.07) is 2.10. The number of fused-ring (bicyclic) bond motifs is 1. The minimum atomic E-state index is 0.0521. The van der Waals surface area contributed by atoms with E-state index in [1.807, 2.05) is 12.2 Å². The predicted molar refractivity (Wildman–Crippen MR) is 71.2 cm³/mol. The molecule has 4 heteroatoms. The van der Waals surface area contributed by atoms with Crippen molar-refractivity contribution in [3.05, 3.63) is 34.0 Å². The molecule has 0 saturated heterocycles. The number of carbonyl (C=O) groups is 1. The highest BCUT2D eigenvalue weighted by Gasteiger charge is 2.26. The van der Waals surface area contributed by atoms with E-state index in [4.69, 9.17) is 5.73 Å². The zero-order valence-electron chi connectivity index (χ0n) is 9.82. The first kappa shape index (κ1) is 12.3. The molecule has 0 aromatic carbocycles. The summed E-state index contributed by atoms with van der Waals surface area (Å²) in [6.45, 7) is 1.10. The van der Waals surface area contributed by atoms with Gasteiger partial charge in [-0.2, -0.15) is 0 Å². The minimum Gasteiger partial charge on any atom is -0.352 e. The Morgan fingerprint density at radius 3 is 3.29 bits per heavy atom. The summed E-state index contributed by atoms with van der Waals surface area (Å²) in [5, 5.41) is 5.03. The molecule has 92 valence electrons. The van der Waals surface area contributed by atoms with Crippen LogP contribution in [0.5, 0.6) is 0 Å². The Balaban J connectivity index is 1.95. The average Bonchev–Trinajstić information content (AvgIpc) is 2.82. The Morgan fingerprint density at radius 1 is 1.59 bits per heavy atom. The van der Waals surface area contributed by atoms with Crippen LogP contribution in [0.2, 0.25) is 0 Å². The smallest absolute Gasteiger partial charge is 0.227 e. The van der Waals surface area contributed by atoms with Crippen molar-refractivity contribution in [1.82, 2.24) is 5.32 Å². The molecule has 1 aromatic heterocycles. The van der Waals surface area contributed by atoms with Crippen LogP contribution in [0.25, 0.3) is 0 Å². The maximum Gasteiger partial charge on any atom is 0.227 e. The predicted octanol–water partition coefficient (Wildman–Crippen LogP) is 1.80. The first-order valence-electron chi connectivity index (χ1n) is 6.02. The lowest BCUT2D eigenvalue weighted by atomic mass is 9.87. The topological polar surface area (TPSA) is 55.1 Å². The average molecular weight is 250 g/mol. The van der Waals surface area contributed by atoms with Crippen LogP contribution < -0.4 is 11.1 Å². The Kier molecular flexibility index (Phi) is 4.34. The Morgan fingerprint density at radius 2 is 2.47 bits per heavy atom. The number of nitrogens with one attached hydrogen (secondary N) is 1. The normalized spacial score (nSPS) is 19.2. The number of hydrogen-bond acceptors (Lipinski definition) is 3. The Labute approximate surface area is 106 Å². The number of hydrogen-bond donors (Lipinski definition) is 2. The molecule has 0 aliphatic heterocycles. The molecule has 0 saturated carbocycles. The molecule has 0 bridgehead atoms. The first-order chi connectivity index (χ1) is 8.33. The van der Waals surface area contributed by atoms with E-state index in [-0.39, 0.29) is 11.8 Å². The van der Waals surface area contributed by atoms with Gasteiger partial charge in [-0.15, -0.1) is 11.3 Å². The first-order valence-corrected chi connectivity index (χ1v) is 6.90. The van der Waals surface area contributed by atoms with Crippen LogP contribution in [-0.2, 0) is 11.2 Å². The molecule has 3 nitrogen and oxygen atoms in total. The van der Waals surface area contributed by atoms with Crippen LogP contribution in [0.4, 0.5) is 0 Å². The molecule has 1 amide bonds. The van der Waals surface area contributed by atoms with Crippen LogP contribution in [0.3, 0.4) is 0 Å². The third-order valence-corrected chi connectivity index (χ3v) is 4.06. The van der Waals surface area contributed by atoms with E-state index in [9.17, 15) is 4.79 Å². The molecule has 1 heterocycles. The number of amides is 1. The van der Waals surface area contributed by atoms with Crippen molar-refractivity contribution in [2.45, 2.75) is 25.2 Å². The SMILES string of the molecule is NC/C=C/CNC(=O)C1CCCc2sccc21. The van der Waals surface area contributed by atoms with Crippen LogP contribution in [0.1, 0.15) is 29.2 Å². The summed E-state index contributed by atoms with van der Waals surface area (Å²) < 4.78 is 0. The summed E-state index contributed by atoms with van der Waals surface area (Å²) in [5.74, 6) is 0.197. The summed E-state index contributed by atoms with van der Waals surface area (Å²) >= 11 is 1.77. The fourth-order valence-electron chi connectivity index (χ4n) is 2.22. The van der Waals surface area contributed by atoms with E-state index >= 15 is 0 Å². The number of aryl methyl sites for hydroxylation is 1. The highest BCUT2D eigenvalue weighted by molar-refractivity contribution is 7.10. The lowest BCUT2D eigenvalue weighted by Crippen LogP contribution is -2.31. The molecule has 2 rings (SSSR count). The van der Waals surface area contributed by atoms with Gasteiger partial charge in [0.25, 0.3) is 0 Å². The van der Waals surface area contributed by atoms with E-state index in [0.717, 1.165) is 19.3 Å². The van der Waals surface area contributed by atoms with Crippen molar-refractivity contribution in [3.63, 3.8) is 0 Å². The van der Waals surface area contributed by atoms with Crippen molar-refractivity contribution in [2.24, 2.45) is 5.73 Å². The van der Waals surface area contributed by atoms with Gasteiger partial charge >= 0.3 is 0 Å². The van der Waals surface area contributed by atoms with Gasteiger partial charge in [0.15, 0.2) is 0 Å². The van der Waals surface area contributed by atoms with Gasteiger partial charge in [0.1, 0.15) is 0 Å². The summed E-state index contributed by atoms with van der Waals surface area (Å²) in [6.07, 6.45) is 6.97. The highest BCUT2D eigenvalue weighted by Crippen LogP contribution is 2.34. The van der Waals surface area contributed by atoms with Gasteiger partial charge in [0.2, 0.25) is 5.91 Å². The van der Waals surface area contributed by atoms with Gasteiger partial charge in [0, 0.05) is 18.0 Å². The minimum absolute atomic E-state index is 0.0521. The van der Waals surface area contributed by atoms with Gasteiger partial charge in [-0.05, 0) is 36.3 Å². The molecule has 0 spiro atoms. The van der Waals surface area contributed by atoms with Crippen molar-refractivity contribution in [1.29, 1.82) is 0 Å². The van der Waals surface area contributed by atoms with E-state index in [0.29, 0.717) is 13.1 Å². The van der Waals surface area contributed by atoms with Crippen molar-refractivity contribution in [2.75, 3.05) is 13.1 Å². The molecule has 1 unspecified atom stereocenters. The molecule has 0 fully saturated rings.